The molecule has 0 aromatic heterocycles. The molecule has 4 rings (SSSR count). The molecule has 0 bridgehead atoms. The lowest BCUT2D eigenvalue weighted by Gasteiger charge is -2.32. The smallest absolute Gasteiger partial charge is 0.258 e. The van der Waals surface area contributed by atoms with Crippen molar-refractivity contribution < 1.29 is 4.79 Å². The molecule has 0 radical (unpaired) electrons. The van der Waals surface area contributed by atoms with Gasteiger partial charge in [-0.15, -0.1) is 0 Å². The first-order valence-electron chi connectivity index (χ1n) is 9.31. The second-order valence-electron chi connectivity index (χ2n) is 7.54. The third kappa shape index (κ3) is 3.13. The van der Waals surface area contributed by atoms with Gasteiger partial charge in [-0.1, -0.05) is 48.0 Å². The minimum absolute atomic E-state index is 0.115. The predicted octanol–water partition coefficient (Wildman–Crippen LogP) is 5.31. The number of hydrogen-bond donors (Lipinski definition) is 0. The number of amides is 1. The van der Waals surface area contributed by atoms with E-state index in [2.05, 4.69) is 37.3 Å². The van der Waals surface area contributed by atoms with E-state index in [9.17, 15) is 4.79 Å². The predicted molar refractivity (Wildman–Crippen MR) is 103 cm³/mol. The van der Waals surface area contributed by atoms with Crippen LogP contribution in [0.15, 0.2) is 60.7 Å². The molecule has 2 aliphatic rings. The number of allylic oxidation sites excluding steroid dienone is 2. The molecule has 2 heteroatoms. The highest BCUT2D eigenvalue weighted by atomic mass is 16.2. The lowest BCUT2D eigenvalue weighted by molar-refractivity contribution is 0.0985. The molecular weight excluding hydrogens is 306 g/mol. The molecule has 0 saturated heterocycles. The summed E-state index contributed by atoms with van der Waals surface area (Å²) < 4.78 is 0. The van der Waals surface area contributed by atoms with Crippen LogP contribution < -0.4 is 4.90 Å². The monoisotopic (exact) mass is 331 g/mol. The third-order valence-electron chi connectivity index (χ3n) is 5.72. The molecule has 2 nitrogen and oxygen atoms in total. The average molecular weight is 331 g/mol. The van der Waals surface area contributed by atoms with Crippen LogP contribution in [-0.2, 0) is 6.42 Å². The van der Waals surface area contributed by atoms with Crippen LogP contribution in [0.25, 0.3) is 0 Å². The van der Waals surface area contributed by atoms with Crippen LogP contribution in [0, 0.1) is 12.3 Å². The van der Waals surface area contributed by atoms with E-state index in [0.717, 1.165) is 30.6 Å². The van der Waals surface area contributed by atoms with Crippen LogP contribution in [0.5, 0.6) is 0 Å². The largest absolute Gasteiger partial charge is 0.308 e. The van der Waals surface area contributed by atoms with E-state index in [0.29, 0.717) is 0 Å². The number of aryl methyl sites for hydroxylation is 1. The molecule has 1 atom stereocenters. The molecule has 1 heterocycles. The van der Waals surface area contributed by atoms with Crippen LogP contribution in [0.2, 0.25) is 0 Å². The van der Waals surface area contributed by atoms with Crippen molar-refractivity contribution in [3.8, 4) is 0 Å². The fourth-order valence-corrected chi connectivity index (χ4v) is 4.25. The maximum atomic E-state index is 13.2. The Hall–Kier alpha value is -2.35. The van der Waals surface area contributed by atoms with Crippen LogP contribution in [0.4, 0.5) is 5.69 Å². The van der Waals surface area contributed by atoms with Crippen LogP contribution >= 0.6 is 0 Å². The van der Waals surface area contributed by atoms with Gasteiger partial charge in [0.05, 0.1) is 0 Å². The van der Waals surface area contributed by atoms with E-state index in [1.807, 2.05) is 35.2 Å². The van der Waals surface area contributed by atoms with Crippen LogP contribution in [0.1, 0.15) is 47.2 Å². The molecule has 1 amide bonds. The van der Waals surface area contributed by atoms with E-state index < -0.39 is 0 Å². The molecule has 0 saturated carbocycles. The van der Waals surface area contributed by atoms with Crippen molar-refractivity contribution in [3.05, 3.63) is 77.4 Å². The molecule has 1 unspecified atom stereocenters. The molecule has 0 N–H and O–H groups in total. The number of anilines is 1. The van der Waals surface area contributed by atoms with Crippen LogP contribution in [0.3, 0.4) is 0 Å². The number of nitrogens with zero attached hydrogens (tertiary/aromatic N) is 1. The summed E-state index contributed by atoms with van der Waals surface area (Å²) in [5.74, 6) is 0.115. The number of fused-ring (bicyclic) bond motifs is 1. The summed E-state index contributed by atoms with van der Waals surface area (Å²) in [6.45, 7) is 2.84. The Morgan fingerprint density at radius 2 is 1.84 bits per heavy atom. The van der Waals surface area contributed by atoms with Crippen molar-refractivity contribution >= 4 is 11.6 Å². The maximum Gasteiger partial charge on any atom is 0.258 e. The van der Waals surface area contributed by atoms with E-state index in [1.165, 1.54) is 30.4 Å². The van der Waals surface area contributed by atoms with Crippen molar-refractivity contribution in [1.29, 1.82) is 0 Å². The fraction of sp³-hybridized carbons (Fsp3) is 0.348. The van der Waals surface area contributed by atoms with E-state index >= 15 is 0 Å². The SMILES string of the molecule is Cc1ccc(C(=O)N2CCC3(C=CCCC3)Cc3ccccc32)cc1. The van der Waals surface area contributed by atoms with Gasteiger partial charge in [-0.05, 0) is 68.2 Å². The number of carbonyl (C=O) groups excluding carboxylic acids is 1. The first-order valence-corrected chi connectivity index (χ1v) is 9.31. The minimum Gasteiger partial charge on any atom is -0.308 e. The zero-order valence-corrected chi connectivity index (χ0v) is 14.9. The Kier molecular flexibility index (Phi) is 4.20. The number of para-hydroxylation sites is 1. The molecule has 2 aromatic rings. The van der Waals surface area contributed by atoms with E-state index in [1.54, 1.807) is 0 Å². The molecule has 25 heavy (non-hydrogen) atoms. The summed E-state index contributed by atoms with van der Waals surface area (Å²) >= 11 is 0. The summed E-state index contributed by atoms with van der Waals surface area (Å²) in [4.78, 5) is 15.2. The summed E-state index contributed by atoms with van der Waals surface area (Å²) in [5.41, 5.74) is 4.56. The standard InChI is InChI=1S/C23H25NO/c1-18-9-11-19(12-10-18)22(25)24-16-15-23(13-5-2-6-14-23)17-20-7-3-4-8-21(20)24/h3-5,7-13H,2,6,14-17H2,1H3. The lowest BCUT2D eigenvalue weighted by atomic mass is 9.72. The summed E-state index contributed by atoms with van der Waals surface area (Å²) in [7, 11) is 0. The van der Waals surface area contributed by atoms with Crippen molar-refractivity contribution in [2.45, 2.75) is 39.0 Å². The highest BCUT2D eigenvalue weighted by Gasteiger charge is 2.35. The van der Waals surface area contributed by atoms with Crippen molar-refractivity contribution in [1.82, 2.24) is 0 Å². The number of carbonyl (C=O) groups is 1. The van der Waals surface area contributed by atoms with Crippen LogP contribution in [-0.4, -0.2) is 12.5 Å². The summed E-state index contributed by atoms with van der Waals surface area (Å²) in [5, 5.41) is 0. The van der Waals surface area contributed by atoms with Gasteiger partial charge in [0, 0.05) is 17.8 Å². The maximum absolute atomic E-state index is 13.2. The highest BCUT2D eigenvalue weighted by molar-refractivity contribution is 6.06. The first kappa shape index (κ1) is 16.1. The zero-order chi connectivity index (χ0) is 17.3. The first-order chi connectivity index (χ1) is 12.2. The number of rotatable bonds is 1. The van der Waals surface area contributed by atoms with E-state index in [-0.39, 0.29) is 11.3 Å². The molecule has 1 aliphatic carbocycles. The highest BCUT2D eigenvalue weighted by Crippen LogP contribution is 2.43. The normalized spacial score (nSPS) is 22.5. The number of benzene rings is 2. The average Bonchev–Trinajstić information content (AvgIpc) is 2.79. The lowest BCUT2D eigenvalue weighted by Crippen LogP contribution is -2.33. The van der Waals surface area contributed by atoms with Gasteiger partial charge < -0.3 is 4.90 Å². The molecule has 128 valence electrons. The van der Waals surface area contributed by atoms with Gasteiger partial charge in [-0.2, -0.15) is 0 Å². The van der Waals surface area contributed by atoms with Crippen molar-refractivity contribution in [3.63, 3.8) is 0 Å². The third-order valence-corrected chi connectivity index (χ3v) is 5.72. The molecule has 2 aromatic carbocycles. The topological polar surface area (TPSA) is 20.3 Å². The van der Waals surface area contributed by atoms with Gasteiger partial charge in [0.1, 0.15) is 0 Å². The quantitative estimate of drug-likeness (QED) is 0.648. The summed E-state index contributed by atoms with van der Waals surface area (Å²) in [6.07, 6.45) is 10.5. The zero-order valence-electron chi connectivity index (χ0n) is 14.9. The van der Waals surface area contributed by atoms with Gasteiger partial charge in [0.15, 0.2) is 0 Å². The second kappa shape index (κ2) is 6.51. The van der Waals surface area contributed by atoms with Gasteiger partial charge in [0.25, 0.3) is 5.91 Å². The minimum atomic E-state index is 0.115. The van der Waals surface area contributed by atoms with Gasteiger partial charge in [0.2, 0.25) is 0 Å². The Bertz CT molecular complexity index is 805. The van der Waals surface area contributed by atoms with Crippen molar-refractivity contribution in [2.24, 2.45) is 5.41 Å². The van der Waals surface area contributed by atoms with Crippen molar-refractivity contribution in [2.75, 3.05) is 11.4 Å². The van der Waals surface area contributed by atoms with Gasteiger partial charge in [-0.3, -0.25) is 4.79 Å². The molecule has 1 spiro atoms. The molecular formula is C23H25NO. The summed E-state index contributed by atoms with van der Waals surface area (Å²) in [6, 6.07) is 16.4. The Labute approximate surface area is 150 Å². The van der Waals surface area contributed by atoms with E-state index in [4.69, 9.17) is 0 Å². The molecule has 0 fully saturated rings. The fourth-order valence-electron chi connectivity index (χ4n) is 4.25. The Morgan fingerprint density at radius 3 is 2.60 bits per heavy atom. The van der Waals surface area contributed by atoms with Gasteiger partial charge in [-0.25, -0.2) is 0 Å². The number of hydrogen-bond acceptors (Lipinski definition) is 1. The Balaban J connectivity index is 1.71. The molecule has 1 aliphatic heterocycles. The second-order valence-corrected chi connectivity index (χ2v) is 7.54. The Morgan fingerprint density at radius 1 is 1.04 bits per heavy atom. The van der Waals surface area contributed by atoms with Gasteiger partial charge >= 0.3 is 0 Å².